The number of aryl methyl sites for hydroxylation is 2. The number of nitrogens with zero attached hydrogens (tertiary/aromatic N) is 3. The van der Waals surface area contributed by atoms with Crippen LogP contribution in [0.5, 0.6) is 5.88 Å². The number of halogens is 3. The third-order valence-electron chi connectivity index (χ3n) is 3.86. The van der Waals surface area contributed by atoms with Gasteiger partial charge in [0.25, 0.3) is 0 Å². The van der Waals surface area contributed by atoms with Gasteiger partial charge in [0.1, 0.15) is 0 Å². The van der Waals surface area contributed by atoms with Crippen LogP contribution < -0.4 is 10.1 Å². The Morgan fingerprint density at radius 2 is 1.93 bits per heavy atom. The number of hydrogen-bond acceptors (Lipinski definition) is 6. The van der Waals surface area contributed by atoms with Crippen LogP contribution in [0.1, 0.15) is 28.9 Å². The van der Waals surface area contributed by atoms with E-state index < -0.39 is 12.8 Å². The Balaban J connectivity index is 1.86. The van der Waals surface area contributed by atoms with Gasteiger partial charge in [-0.1, -0.05) is 11.8 Å². The molecule has 2 aromatic heterocycles. The molecule has 10 heteroatoms. The number of rotatable bonds is 8. The molecule has 0 aliphatic heterocycles. The number of ether oxygens (including phenoxy) is 1. The Kier molecular flexibility index (Phi) is 7.61. The summed E-state index contributed by atoms with van der Waals surface area (Å²) in [6, 6.07) is 2.97. The highest BCUT2D eigenvalue weighted by molar-refractivity contribution is 7.98. The maximum Gasteiger partial charge on any atom is 0.422 e. The predicted molar refractivity (Wildman–Crippen MR) is 99.2 cm³/mol. The summed E-state index contributed by atoms with van der Waals surface area (Å²) >= 11 is 1.46. The second kappa shape index (κ2) is 9.72. The van der Waals surface area contributed by atoms with Gasteiger partial charge in [0.2, 0.25) is 11.8 Å². The Morgan fingerprint density at radius 1 is 1.25 bits per heavy atom. The molecule has 28 heavy (non-hydrogen) atoms. The lowest BCUT2D eigenvalue weighted by Crippen LogP contribution is -2.23. The normalized spacial score (nSPS) is 11.4. The molecule has 0 bridgehead atoms. The molecular weight excluding hydrogens is 393 g/mol. The largest absolute Gasteiger partial charge is 0.468 e. The van der Waals surface area contributed by atoms with E-state index in [9.17, 15) is 18.0 Å². The Hall–Kier alpha value is -2.36. The molecule has 1 amide bonds. The molecule has 2 heterocycles. The summed E-state index contributed by atoms with van der Waals surface area (Å²) in [6.45, 7) is 2.54. The molecule has 1 N–H and O–H groups in total. The number of carbonyl (C=O) groups is 1. The SMILES string of the molecule is CSc1nc(C)c(CCC(=O)NCc2ccnc(OCC(F)(F)F)c2)c(C)n1. The van der Waals surface area contributed by atoms with E-state index in [0.29, 0.717) is 17.1 Å². The minimum atomic E-state index is -4.43. The van der Waals surface area contributed by atoms with Crippen LogP contribution in [-0.4, -0.2) is 39.9 Å². The first kappa shape index (κ1) is 21.9. The molecule has 0 aliphatic carbocycles. The van der Waals surface area contributed by atoms with E-state index in [1.54, 1.807) is 6.07 Å². The van der Waals surface area contributed by atoms with Crippen LogP contribution in [0.15, 0.2) is 23.5 Å². The third-order valence-corrected chi connectivity index (χ3v) is 4.41. The first-order valence-corrected chi connectivity index (χ1v) is 9.69. The summed E-state index contributed by atoms with van der Waals surface area (Å²) in [4.78, 5) is 24.6. The minimum Gasteiger partial charge on any atom is -0.468 e. The van der Waals surface area contributed by atoms with E-state index in [2.05, 4.69) is 25.0 Å². The van der Waals surface area contributed by atoms with Crippen molar-refractivity contribution >= 4 is 17.7 Å². The van der Waals surface area contributed by atoms with E-state index in [-0.39, 0.29) is 24.8 Å². The molecular formula is C18H21F3N4O2S. The number of thioether (sulfide) groups is 1. The van der Waals surface area contributed by atoms with Crippen molar-refractivity contribution in [1.82, 2.24) is 20.3 Å². The summed E-state index contributed by atoms with van der Waals surface area (Å²) in [7, 11) is 0. The lowest BCUT2D eigenvalue weighted by atomic mass is 10.1. The number of alkyl halides is 3. The van der Waals surface area contributed by atoms with E-state index in [1.807, 2.05) is 20.1 Å². The molecule has 0 saturated carbocycles. The van der Waals surface area contributed by atoms with Gasteiger partial charge in [-0.2, -0.15) is 13.2 Å². The van der Waals surface area contributed by atoms with Crippen LogP contribution in [0, 0.1) is 13.8 Å². The van der Waals surface area contributed by atoms with Gasteiger partial charge in [-0.25, -0.2) is 15.0 Å². The van der Waals surface area contributed by atoms with E-state index >= 15 is 0 Å². The average molecular weight is 414 g/mol. The zero-order valence-electron chi connectivity index (χ0n) is 15.8. The fraction of sp³-hybridized carbons (Fsp3) is 0.444. The number of carbonyl (C=O) groups excluding carboxylic acids is 1. The molecule has 0 radical (unpaired) electrons. The van der Waals surface area contributed by atoms with Crippen molar-refractivity contribution < 1.29 is 22.7 Å². The van der Waals surface area contributed by atoms with Crippen LogP contribution in [0.25, 0.3) is 0 Å². The van der Waals surface area contributed by atoms with Crippen LogP contribution in [0.4, 0.5) is 13.2 Å². The second-order valence-electron chi connectivity index (χ2n) is 6.04. The number of pyridine rings is 1. The maximum atomic E-state index is 12.2. The first-order valence-electron chi connectivity index (χ1n) is 8.47. The Labute approximate surface area is 165 Å². The summed E-state index contributed by atoms with van der Waals surface area (Å²) in [6.07, 6.45) is -0.426. The third kappa shape index (κ3) is 6.99. The van der Waals surface area contributed by atoms with E-state index in [1.165, 1.54) is 24.0 Å². The van der Waals surface area contributed by atoms with Gasteiger partial charge in [0, 0.05) is 36.6 Å². The standard InChI is InChI=1S/C18H21F3N4O2S/c1-11-14(12(2)25-17(24-11)28-3)4-5-15(26)23-9-13-6-7-22-16(8-13)27-10-18(19,20)21/h6-8H,4-5,9-10H2,1-3H3,(H,23,26). The monoisotopic (exact) mass is 414 g/mol. The van der Waals surface area contributed by atoms with Crippen molar-refractivity contribution in [3.8, 4) is 5.88 Å². The number of amides is 1. The first-order chi connectivity index (χ1) is 13.2. The lowest BCUT2D eigenvalue weighted by molar-refractivity contribution is -0.154. The fourth-order valence-corrected chi connectivity index (χ4v) is 2.94. The highest BCUT2D eigenvalue weighted by Gasteiger charge is 2.28. The molecule has 0 aliphatic rings. The van der Waals surface area contributed by atoms with Crippen LogP contribution in [0.2, 0.25) is 0 Å². The van der Waals surface area contributed by atoms with Gasteiger partial charge < -0.3 is 10.1 Å². The van der Waals surface area contributed by atoms with Crippen LogP contribution >= 0.6 is 11.8 Å². The van der Waals surface area contributed by atoms with E-state index in [0.717, 1.165) is 17.0 Å². The molecule has 0 atom stereocenters. The zero-order valence-corrected chi connectivity index (χ0v) is 16.6. The van der Waals surface area contributed by atoms with Crippen molar-refractivity contribution in [2.24, 2.45) is 0 Å². The van der Waals surface area contributed by atoms with E-state index in [4.69, 9.17) is 0 Å². The minimum absolute atomic E-state index is 0.138. The molecule has 0 spiro atoms. The Bertz CT molecular complexity index is 808. The molecule has 0 unspecified atom stereocenters. The lowest BCUT2D eigenvalue weighted by Gasteiger charge is -2.11. The highest BCUT2D eigenvalue weighted by Crippen LogP contribution is 2.18. The molecule has 0 saturated heterocycles. The predicted octanol–water partition coefficient (Wildman–Crippen LogP) is 3.40. The summed E-state index contributed by atoms with van der Waals surface area (Å²) in [5.41, 5.74) is 3.25. The molecule has 152 valence electrons. The average Bonchev–Trinajstić information content (AvgIpc) is 2.63. The van der Waals surface area contributed by atoms with Crippen LogP contribution in [-0.2, 0) is 17.8 Å². The van der Waals surface area contributed by atoms with Gasteiger partial charge in [0.15, 0.2) is 11.8 Å². The molecule has 2 rings (SSSR count). The number of nitrogens with one attached hydrogen (secondary N) is 1. The van der Waals surface area contributed by atoms with Crippen molar-refractivity contribution in [3.63, 3.8) is 0 Å². The fourth-order valence-electron chi connectivity index (χ4n) is 2.48. The second-order valence-corrected chi connectivity index (χ2v) is 6.82. The van der Waals surface area contributed by atoms with Crippen molar-refractivity contribution in [2.45, 2.75) is 44.6 Å². The van der Waals surface area contributed by atoms with Crippen molar-refractivity contribution in [1.29, 1.82) is 0 Å². The summed E-state index contributed by atoms with van der Waals surface area (Å²) < 4.78 is 41.2. The molecule has 6 nitrogen and oxygen atoms in total. The highest BCUT2D eigenvalue weighted by atomic mass is 32.2. The smallest absolute Gasteiger partial charge is 0.422 e. The van der Waals surface area contributed by atoms with Crippen LogP contribution in [0.3, 0.4) is 0 Å². The van der Waals surface area contributed by atoms with Crippen molar-refractivity contribution in [3.05, 3.63) is 40.8 Å². The summed E-state index contributed by atoms with van der Waals surface area (Å²) in [5.74, 6) is -0.316. The molecule has 0 fully saturated rings. The zero-order chi connectivity index (χ0) is 20.7. The summed E-state index contributed by atoms with van der Waals surface area (Å²) in [5, 5.41) is 3.44. The number of hydrogen-bond donors (Lipinski definition) is 1. The topological polar surface area (TPSA) is 77.0 Å². The van der Waals surface area contributed by atoms with Gasteiger partial charge in [-0.15, -0.1) is 0 Å². The molecule has 0 aromatic carbocycles. The Morgan fingerprint density at radius 3 is 2.54 bits per heavy atom. The quantitative estimate of drug-likeness (QED) is 0.527. The van der Waals surface area contributed by atoms with Gasteiger partial charge in [-0.05, 0) is 43.7 Å². The van der Waals surface area contributed by atoms with Gasteiger partial charge in [-0.3, -0.25) is 4.79 Å². The molecule has 2 aromatic rings. The number of aromatic nitrogens is 3. The van der Waals surface area contributed by atoms with Gasteiger partial charge >= 0.3 is 6.18 Å². The maximum absolute atomic E-state index is 12.2. The van der Waals surface area contributed by atoms with Crippen molar-refractivity contribution in [2.75, 3.05) is 12.9 Å². The van der Waals surface area contributed by atoms with Gasteiger partial charge in [0.05, 0.1) is 0 Å².